The van der Waals surface area contributed by atoms with Gasteiger partial charge >= 0.3 is 18.3 Å². The first-order chi connectivity index (χ1) is 19.1. The van der Waals surface area contributed by atoms with Crippen molar-refractivity contribution in [3.8, 4) is 0 Å². The molecule has 0 amide bonds. The standard InChI is InChI=1S/C31H36F6O4/c1-7-28(8-2,25-13-10-23(21(4)18-25)12-15-27(38)40-9-3)26-14-11-24(22(5)19-26)16-17-29(30(32,33)34,31(35,36)37)41-20-39-6/h10-19H,7-9,20H2,1-6H3/b15-12+,17-16+. The number of ether oxygens (including phenoxy) is 3. The Bertz CT molecular complexity index is 1230. The van der Waals surface area contributed by atoms with Gasteiger partial charge in [0.25, 0.3) is 5.60 Å². The molecule has 0 radical (unpaired) electrons. The lowest BCUT2D eigenvalue weighted by molar-refractivity contribution is -0.372. The van der Waals surface area contributed by atoms with Crippen LogP contribution in [-0.4, -0.2) is 44.4 Å². The quantitative estimate of drug-likeness (QED) is 0.108. The number of esters is 1. The van der Waals surface area contributed by atoms with Crippen LogP contribution in [0.25, 0.3) is 12.2 Å². The van der Waals surface area contributed by atoms with Gasteiger partial charge in [-0.1, -0.05) is 56.3 Å². The van der Waals surface area contributed by atoms with E-state index in [1.54, 1.807) is 32.1 Å². The lowest BCUT2D eigenvalue weighted by Gasteiger charge is -2.35. The van der Waals surface area contributed by atoms with E-state index < -0.39 is 36.1 Å². The molecule has 10 heteroatoms. The minimum atomic E-state index is -5.77. The van der Waals surface area contributed by atoms with Gasteiger partial charge in [-0.3, -0.25) is 0 Å². The Hall–Kier alpha value is -3.11. The number of hydrogen-bond donors (Lipinski definition) is 0. The molecule has 0 aromatic heterocycles. The van der Waals surface area contributed by atoms with Crippen LogP contribution in [0.3, 0.4) is 0 Å². The molecule has 2 rings (SSSR count). The summed E-state index contributed by atoms with van der Waals surface area (Å²) in [6, 6.07) is 10.9. The first-order valence-electron chi connectivity index (χ1n) is 13.1. The lowest BCUT2D eigenvalue weighted by Crippen LogP contribution is -2.57. The zero-order valence-electron chi connectivity index (χ0n) is 24.0. The average molecular weight is 587 g/mol. The van der Waals surface area contributed by atoms with Crippen LogP contribution >= 0.6 is 0 Å². The van der Waals surface area contributed by atoms with Crippen LogP contribution in [0.2, 0.25) is 0 Å². The van der Waals surface area contributed by atoms with E-state index in [0.29, 0.717) is 18.4 Å². The van der Waals surface area contributed by atoms with Crippen molar-refractivity contribution >= 4 is 18.1 Å². The van der Waals surface area contributed by atoms with Crippen LogP contribution in [0.5, 0.6) is 0 Å². The predicted molar refractivity (Wildman–Crippen MR) is 146 cm³/mol. The number of carbonyl (C=O) groups is 1. The van der Waals surface area contributed by atoms with E-state index in [-0.39, 0.29) is 18.2 Å². The number of carbonyl (C=O) groups excluding carboxylic acids is 1. The van der Waals surface area contributed by atoms with Gasteiger partial charge in [0, 0.05) is 18.6 Å². The topological polar surface area (TPSA) is 44.8 Å². The van der Waals surface area contributed by atoms with Gasteiger partial charge in [-0.15, -0.1) is 0 Å². The van der Waals surface area contributed by atoms with E-state index in [1.807, 2.05) is 39.0 Å². The summed E-state index contributed by atoms with van der Waals surface area (Å²) in [5, 5.41) is 0. The zero-order chi connectivity index (χ0) is 31.1. The van der Waals surface area contributed by atoms with Crippen molar-refractivity contribution in [2.45, 2.75) is 70.8 Å². The molecule has 0 bridgehead atoms. The predicted octanol–water partition coefficient (Wildman–Crippen LogP) is 8.48. The minimum absolute atomic E-state index is 0.00713. The molecule has 0 N–H and O–H groups in total. The Morgan fingerprint density at radius 3 is 1.68 bits per heavy atom. The van der Waals surface area contributed by atoms with E-state index >= 15 is 0 Å². The van der Waals surface area contributed by atoms with E-state index in [9.17, 15) is 31.1 Å². The minimum Gasteiger partial charge on any atom is -0.463 e. The maximum absolute atomic E-state index is 13.7. The summed E-state index contributed by atoms with van der Waals surface area (Å²) < 4.78 is 95.7. The molecule has 4 nitrogen and oxygen atoms in total. The number of benzene rings is 2. The van der Waals surface area contributed by atoms with Crippen molar-refractivity contribution in [1.82, 2.24) is 0 Å². The van der Waals surface area contributed by atoms with Gasteiger partial charge in [0.15, 0.2) is 0 Å². The highest BCUT2D eigenvalue weighted by atomic mass is 19.4. The molecular formula is C31H36F6O4. The number of methoxy groups -OCH3 is 1. The highest BCUT2D eigenvalue weighted by molar-refractivity contribution is 5.87. The highest BCUT2D eigenvalue weighted by Gasteiger charge is 2.71. The van der Waals surface area contributed by atoms with Gasteiger partial charge in [0.2, 0.25) is 0 Å². The molecule has 0 saturated heterocycles. The second-order valence-electron chi connectivity index (χ2n) is 9.63. The summed E-state index contributed by atoms with van der Waals surface area (Å²) in [7, 11) is 0.938. The fourth-order valence-electron chi connectivity index (χ4n) is 4.82. The number of alkyl halides is 6. The normalized spacial score (nSPS) is 13.4. The molecule has 226 valence electrons. The maximum atomic E-state index is 13.7. The molecule has 0 saturated carbocycles. The fourth-order valence-corrected chi connectivity index (χ4v) is 4.82. The van der Waals surface area contributed by atoms with Crippen molar-refractivity contribution in [1.29, 1.82) is 0 Å². The molecule has 0 aliphatic carbocycles. The van der Waals surface area contributed by atoms with Gasteiger partial charge in [-0.05, 0) is 79.1 Å². The first kappa shape index (κ1) is 34.1. The molecule has 2 aromatic rings. The summed E-state index contributed by atoms with van der Waals surface area (Å²) in [6.45, 7) is 8.39. The Balaban J connectivity index is 2.53. The average Bonchev–Trinajstić information content (AvgIpc) is 2.89. The second-order valence-corrected chi connectivity index (χ2v) is 9.63. The third-order valence-corrected chi connectivity index (χ3v) is 7.28. The van der Waals surface area contributed by atoms with Gasteiger partial charge in [0.05, 0.1) is 6.61 Å². The van der Waals surface area contributed by atoms with E-state index in [2.05, 4.69) is 9.47 Å². The van der Waals surface area contributed by atoms with E-state index in [0.717, 1.165) is 35.4 Å². The van der Waals surface area contributed by atoms with Crippen LogP contribution in [0.15, 0.2) is 48.6 Å². The van der Waals surface area contributed by atoms with Crippen molar-refractivity contribution in [2.75, 3.05) is 20.5 Å². The smallest absolute Gasteiger partial charge is 0.430 e. The fraction of sp³-hybridized carbons (Fsp3) is 0.452. The molecule has 0 unspecified atom stereocenters. The van der Waals surface area contributed by atoms with Gasteiger partial charge in [-0.2, -0.15) is 26.3 Å². The number of aryl methyl sites for hydroxylation is 2. The monoisotopic (exact) mass is 586 g/mol. The second kappa shape index (κ2) is 13.7. The molecule has 41 heavy (non-hydrogen) atoms. The van der Waals surface area contributed by atoms with Crippen LogP contribution in [0, 0.1) is 13.8 Å². The molecular weight excluding hydrogens is 550 g/mol. The zero-order valence-corrected chi connectivity index (χ0v) is 24.0. The van der Waals surface area contributed by atoms with Gasteiger partial charge < -0.3 is 14.2 Å². The molecule has 0 aliphatic heterocycles. The molecule has 0 aliphatic rings. The molecule has 0 fully saturated rings. The summed E-state index contributed by atoms with van der Waals surface area (Å²) in [6.07, 6.45) is -6.36. The summed E-state index contributed by atoms with van der Waals surface area (Å²) in [4.78, 5) is 11.7. The van der Waals surface area contributed by atoms with Crippen LogP contribution in [0.1, 0.15) is 67.0 Å². The van der Waals surface area contributed by atoms with Crippen LogP contribution < -0.4 is 0 Å². The number of hydrogen-bond acceptors (Lipinski definition) is 4. The van der Waals surface area contributed by atoms with Crippen molar-refractivity contribution in [3.05, 3.63) is 81.9 Å². The summed E-state index contributed by atoms with van der Waals surface area (Å²) >= 11 is 0. The molecule has 0 spiro atoms. The van der Waals surface area contributed by atoms with E-state index in [4.69, 9.17) is 4.74 Å². The Morgan fingerprint density at radius 1 is 0.805 bits per heavy atom. The maximum Gasteiger partial charge on any atom is 0.430 e. The molecule has 0 heterocycles. The van der Waals surface area contributed by atoms with Crippen LogP contribution in [-0.2, 0) is 24.4 Å². The Kier molecular flexibility index (Phi) is 11.4. The summed E-state index contributed by atoms with van der Waals surface area (Å²) in [5.74, 6) is -0.440. The lowest BCUT2D eigenvalue weighted by atomic mass is 9.69. The van der Waals surface area contributed by atoms with Crippen molar-refractivity contribution in [2.24, 2.45) is 0 Å². The Labute approximate surface area is 237 Å². The summed E-state index contributed by atoms with van der Waals surface area (Å²) in [5.41, 5.74) is -0.671. The van der Waals surface area contributed by atoms with Crippen molar-refractivity contribution in [3.63, 3.8) is 0 Å². The van der Waals surface area contributed by atoms with Crippen LogP contribution in [0.4, 0.5) is 26.3 Å². The van der Waals surface area contributed by atoms with Crippen molar-refractivity contribution < 1.29 is 45.3 Å². The largest absolute Gasteiger partial charge is 0.463 e. The van der Waals surface area contributed by atoms with E-state index in [1.165, 1.54) is 12.1 Å². The third kappa shape index (κ3) is 7.40. The molecule has 2 aromatic carbocycles. The number of halogens is 6. The number of rotatable bonds is 12. The SMILES string of the molecule is CCOC(=O)/C=C/c1ccc(C(CC)(CC)c2ccc(/C=C/C(OCOC)(C(F)(F)F)C(F)(F)F)c(C)c2)cc1C. The first-order valence-corrected chi connectivity index (χ1v) is 13.1. The molecule has 0 atom stereocenters. The highest BCUT2D eigenvalue weighted by Crippen LogP contribution is 2.47. The van der Waals surface area contributed by atoms with Gasteiger partial charge in [0.1, 0.15) is 6.79 Å². The van der Waals surface area contributed by atoms with Gasteiger partial charge in [-0.25, -0.2) is 4.79 Å². The Morgan fingerprint density at radius 2 is 1.29 bits per heavy atom. The third-order valence-electron chi connectivity index (χ3n) is 7.28.